The Bertz CT molecular complexity index is 1280. The Morgan fingerprint density at radius 2 is 1.82 bits per heavy atom. The van der Waals surface area contributed by atoms with Crippen LogP contribution in [0.2, 0.25) is 0 Å². The van der Waals surface area contributed by atoms with E-state index in [1.807, 2.05) is 65.6 Å². The number of aryl methyl sites for hydroxylation is 3. The van der Waals surface area contributed by atoms with E-state index < -0.39 is 0 Å². The number of likely N-dealkylation sites (N-methyl/N-ethyl adjacent to an activating group) is 1. The lowest BCUT2D eigenvalue weighted by Crippen LogP contribution is -2.38. The minimum atomic E-state index is -0.180. The van der Waals surface area contributed by atoms with Crippen LogP contribution in [0.15, 0.2) is 34.9 Å². The van der Waals surface area contributed by atoms with E-state index >= 15 is 0 Å². The molecule has 3 aromatic rings. The zero-order chi connectivity index (χ0) is 27.4. The van der Waals surface area contributed by atoms with Crippen LogP contribution in [0.5, 0.6) is 0 Å². The molecule has 0 saturated carbocycles. The predicted molar refractivity (Wildman–Crippen MR) is 147 cm³/mol. The highest BCUT2D eigenvalue weighted by Gasteiger charge is 2.28. The van der Waals surface area contributed by atoms with E-state index in [1.54, 1.807) is 0 Å². The zero-order valence-corrected chi connectivity index (χ0v) is 23.5. The third kappa shape index (κ3) is 6.32. The normalized spacial score (nSPS) is 15.4. The summed E-state index contributed by atoms with van der Waals surface area (Å²) in [5.41, 5.74) is 4.82. The van der Waals surface area contributed by atoms with Crippen molar-refractivity contribution in [3.05, 3.63) is 64.3 Å². The Hall–Kier alpha value is -3.46. The summed E-state index contributed by atoms with van der Waals surface area (Å²) >= 11 is 0. The molecule has 38 heavy (non-hydrogen) atoms. The molecule has 3 heterocycles. The van der Waals surface area contributed by atoms with Gasteiger partial charge in [-0.3, -0.25) is 14.3 Å². The highest BCUT2D eigenvalue weighted by atomic mass is 16.5. The summed E-state index contributed by atoms with van der Waals surface area (Å²) < 4.78 is 7.40. The van der Waals surface area contributed by atoms with Gasteiger partial charge >= 0.3 is 0 Å². The summed E-state index contributed by atoms with van der Waals surface area (Å²) in [6.45, 7) is 13.4. The van der Waals surface area contributed by atoms with E-state index in [4.69, 9.17) is 4.52 Å². The third-order valence-corrected chi connectivity index (χ3v) is 7.09. The van der Waals surface area contributed by atoms with Crippen molar-refractivity contribution in [1.29, 1.82) is 0 Å². The second-order valence-corrected chi connectivity index (χ2v) is 10.8. The Labute approximate surface area is 225 Å². The number of benzene rings is 1. The number of carbonyl (C=O) groups is 2. The highest BCUT2D eigenvalue weighted by molar-refractivity contribution is 5.95. The van der Waals surface area contributed by atoms with Crippen LogP contribution < -0.4 is 4.90 Å². The summed E-state index contributed by atoms with van der Waals surface area (Å²) in [5.74, 6) is 0.818. The maximum atomic E-state index is 14.0. The van der Waals surface area contributed by atoms with Crippen molar-refractivity contribution in [3.8, 4) is 0 Å². The van der Waals surface area contributed by atoms with Crippen LogP contribution in [0.3, 0.4) is 0 Å². The molecule has 0 atom stereocenters. The van der Waals surface area contributed by atoms with Crippen LogP contribution >= 0.6 is 0 Å². The number of nitrogens with zero attached hydrogens (tertiary/aromatic N) is 6. The first-order chi connectivity index (χ1) is 18.1. The van der Waals surface area contributed by atoms with Gasteiger partial charge in [0.15, 0.2) is 5.69 Å². The number of anilines is 1. The fraction of sp³-hybridized carbons (Fsp3) is 0.517. The Morgan fingerprint density at radius 3 is 2.53 bits per heavy atom. The van der Waals surface area contributed by atoms with Crippen LogP contribution in [-0.4, -0.2) is 69.8 Å². The number of hydrogen-bond acceptors (Lipinski definition) is 6. The van der Waals surface area contributed by atoms with Crippen molar-refractivity contribution in [2.45, 2.75) is 60.5 Å². The molecular weight excluding hydrogens is 480 g/mol. The average molecular weight is 521 g/mol. The van der Waals surface area contributed by atoms with Crippen LogP contribution in [0.25, 0.3) is 0 Å². The van der Waals surface area contributed by atoms with Gasteiger partial charge in [0.25, 0.3) is 5.91 Å². The maximum Gasteiger partial charge on any atom is 0.276 e. The number of hydrogen-bond donors (Lipinski definition) is 0. The molecule has 1 aromatic carbocycles. The predicted octanol–water partition coefficient (Wildman–Crippen LogP) is 4.20. The van der Waals surface area contributed by atoms with Gasteiger partial charge in [-0.2, -0.15) is 5.10 Å². The van der Waals surface area contributed by atoms with Crippen molar-refractivity contribution in [1.82, 2.24) is 24.7 Å². The lowest BCUT2D eigenvalue weighted by Gasteiger charge is -2.28. The van der Waals surface area contributed by atoms with Gasteiger partial charge < -0.3 is 19.2 Å². The number of fused-ring (bicyclic) bond motifs is 1. The van der Waals surface area contributed by atoms with E-state index in [0.717, 1.165) is 47.7 Å². The van der Waals surface area contributed by atoms with E-state index in [0.29, 0.717) is 44.1 Å². The van der Waals surface area contributed by atoms with Crippen LogP contribution in [0.1, 0.15) is 65.5 Å². The first kappa shape index (κ1) is 27.6. The SMILES string of the molecule is Cc1cc(C)n(Cc2c(C(=O)N3CCN(C)CCCN(C(=O)CC(C)C)c4ccccc4C3)noc2C)n1. The number of para-hydroxylation sites is 1. The first-order valence-corrected chi connectivity index (χ1v) is 13.5. The van der Waals surface area contributed by atoms with E-state index in [-0.39, 0.29) is 17.7 Å². The van der Waals surface area contributed by atoms with Gasteiger partial charge in [-0.05, 0) is 64.4 Å². The molecule has 204 valence electrons. The van der Waals surface area contributed by atoms with E-state index in [9.17, 15) is 9.59 Å². The van der Waals surface area contributed by atoms with Crippen molar-refractivity contribution >= 4 is 17.5 Å². The van der Waals surface area contributed by atoms with Crippen LogP contribution in [0, 0.1) is 26.7 Å². The zero-order valence-electron chi connectivity index (χ0n) is 23.5. The fourth-order valence-electron chi connectivity index (χ4n) is 4.99. The Balaban J connectivity index is 1.68. The molecule has 2 amide bonds. The standard InChI is InChI=1S/C29H40N6O3/c1-20(2)16-27(36)34-13-9-12-32(6)14-15-33(18-24-10-7-8-11-26(24)34)29(37)28-25(23(5)38-31-28)19-35-22(4)17-21(3)30-35/h7-8,10-11,17,20H,9,12-16,18-19H2,1-6H3. The third-order valence-electron chi connectivity index (χ3n) is 7.09. The molecular formula is C29H40N6O3. The molecule has 9 heteroatoms. The minimum Gasteiger partial charge on any atom is -0.361 e. The summed E-state index contributed by atoms with van der Waals surface area (Å²) in [4.78, 5) is 33.3. The van der Waals surface area contributed by atoms with Gasteiger partial charge in [0.05, 0.1) is 12.2 Å². The quantitative estimate of drug-likeness (QED) is 0.501. The highest BCUT2D eigenvalue weighted by Crippen LogP contribution is 2.26. The number of rotatable bonds is 5. The van der Waals surface area contributed by atoms with Gasteiger partial charge in [0.2, 0.25) is 5.91 Å². The molecule has 0 bridgehead atoms. The Kier molecular flexibility index (Phi) is 8.66. The van der Waals surface area contributed by atoms with Crippen molar-refractivity contribution < 1.29 is 14.1 Å². The average Bonchev–Trinajstić information content (AvgIpc) is 3.38. The lowest BCUT2D eigenvalue weighted by molar-refractivity contribution is -0.119. The molecule has 0 spiro atoms. The number of aromatic nitrogens is 3. The van der Waals surface area contributed by atoms with Gasteiger partial charge in [-0.1, -0.05) is 37.2 Å². The molecule has 0 aliphatic carbocycles. The van der Waals surface area contributed by atoms with E-state index in [2.05, 4.69) is 36.1 Å². The van der Waals surface area contributed by atoms with Crippen molar-refractivity contribution in [2.75, 3.05) is 38.1 Å². The van der Waals surface area contributed by atoms with E-state index in [1.165, 1.54) is 0 Å². The summed E-state index contributed by atoms with van der Waals surface area (Å²) in [7, 11) is 2.06. The second-order valence-electron chi connectivity index (χ2n) is 10.8. The largest absolute Gasteiger partial charge is 0.361 e. The summed E-state index contributed by atoms with van der Waals surface area (Å²) in [5, 5.41) is 8.77. The van der Waals surface area contributed by atoms with Crippen molar-refractivity contribution in [3.63, 3.8) is 0 Å². The van der Waals surface area contributed by atoms with Crippen LogP contribution in [-0.2, 0) is 17.9 Å². The number of amides is 2. The molecule has 1 aliphatic rings. The topological polar surface area (TPSA) is 87.7 Å². The lowest BCUT2D eigenvalue weighted by atomic mass is 10.1. The summed E-state index contributed by atoms with van der Waals surface area (Å²) in [6.07, 6.45) is 1.35. The second kappa shape index (κ2) is 11.9. The molecule has 1 aliphatic heterocycles. The number of carbonyl (C=O) groups excluding carboxylic acids is 2. The van der Waals surface area contributed by atoms with Gasteiger partial charge in [-0.15, -0.1) is 0 Å². The van der Waals surface area contributed by atoms with Gasteiger partial charge in [0.1, 0.15) is 5.76 Å². The van der Waals surface area contributed by atoms with Crippen LogP contribution in [0.4, 0.5) is 5.69 Å². The Morgan fingerprint density at radius 1 is 1.05 bits per heavy atom. The molecule has 0 fully saturated rings. The molecule has 0 unspecified atom stereocenters. The smallest absolute Gasteiger partial charge is 0.276 e. The minimum absolute atomic E-state index is 0.117. The molecule has 4 rings (SSSR count). The van der Waals surface area contributed by atoms with Gasteiger partial charge in [0, 0.05) is 49.5 Å². The fourth-order valence-corrected chi connectivity index (χ4v) is 4.99. The molecule has 0 N–H and O–H groups in total. The molecule has 0 saturated heterocycles. The molecule has 0 radical (unpaired) electrons. The van der Waals surface area contributed by atoms with Gasteiger partial charge in [-0.25, -0.2) is 0 Å². The molecule has 2 aromatic heterocycles. The molecule has 9 nitrogen and oxygen atoms in total. The summed E-state index contributed by atoms with van der Waals surface area (Å²) in [6, 6.07) is 9.94. The maximum absolute atomic E-state index is 14.0. The van der Waals surface area contributed by atoms with Crippen molar-refractivity contribution in [2.24, 2.45) is 5.92 Å². The monoisotopic (exact) mass is 520 g/mol. The first-order valence-electron chi connectivity index (χ1n) is 13.5.